The Hall–Kier alpha value is -3.86. The number of amides is 2. The molecule has 0 unspecified atom stereocenters. The quantitative estimate of drug-likeness (QED) is 0.362. The van der Waals surface area contributed by atoms with E-state index < -0.39 is 18.0 Å². The Kier molecular flexibility index (Phi) is 7.35. The molecule has 0 radical (unpaired) electrons. The van der Waals surface area contributed by atoms with E-state index >= 15 is 0 Å². The van der Waals surface area contributed by atoms with Gasteiger partial charge in [0.2, 0.25) is 0 Å². The Balaban J connectivity index is 1.59. The number of rotatable bonds is 8. The molecule has 11 heteroatoms. The van der Waals surface area contributed by atoms with Crippen LogP contribution in [0.15, 0.2) is 58.8 Å². The van der Waals surface area contributed by atoms with Gasteiger partial charge in [0, 0.05) is 17.1 Å². The first-order valence-electron chi connectivity index (χ1n) is 11.0. The highest BCUT2D eigenvalue weighted by molar-refractivity contribution is 7.99. The van der Waals surface area contributed by atoms with Gasteiger partial charge in [-0.05, 0) is 56.7 Å². The Morgan fingerprint density at radius 3 is 2.51 bits per heavy atom. The van der Waals surface area contributed by atoms with Gasteiger partial charge in [-0.1, -0.05) is 23.9 Å². The number of methoxy groups -OCH3 is 1. The van der Waals surface area contributed by atoms with E-state index in [4.69, 9.17) is 9.47 Å². The average Bonchev–Trinajstić information content (AvgIpc) is 3.20. The van der Waals surface area contributed by atoms with Gasteiger partial charge in [0.1, 0.15) is 10.8 Å². The van der Waals surface area contributed by atoms with Crippen LogP contribution >= 0.6 is 11.8 Å². The van der Waals surface area contributed by atoms with Crippen molar-refractivity contribution in [2.24, 2.45) is 0 Å². The Labute approximate surface area is 207 Å². The van der Waals surface area contributed by atoms with Gasteiger partial charge in [0.25, 0.3) is 0 Å². The summed E-state index contributed by atoms with van der Waals surface area (Å²) in [5, 5.41) is 19.2. The first-order chi connectivity index (χ1) is 16.9. The second kappa shape index (κ2) is 10.6. The molecule has 10 nitrogen and oxygen atoms in total. The molecule has 3 heterocycles. The lowest BCUT2D eigenvalue weighted by molar-refractivity contribution is -0.139. The van der Waals surface area contributed by atoms with Gasteiger partial charge in [-0.2, -0.15) is 5.10 Å². The van der Waals surface area contributed by atoms with Crippen molar-refractivity contribution < 1.29 is 19.1 Å². The lowest BCUT2D eigenvalue weighted by Gasteiger charge is -2.29. The number of urea groups is 1. The van der Waals surface area contributed by atoms with Gasteiger partial charge in [0.15, 0.2) is 5.82 Å². The van der Waals surface area contributed by atoms with E-state index in [1.54, 1.807) is 30.8 Å². The van der Waals surface area contributed by atoms with Crippen molar-refractivity contribution in [3.05, 3.63) is 70.7 Å². The SMILES string of the molecule is CCOC(=O)C1=C(CSc2ccc(-n3nc(C)cc3C)nn2)NC(=O)N[C@H]1c1ccc(OC)cc1. The number of aromatic nitrogens is 4. The van der Waals surface area contributed by atoms with Crippen molar-refractivity contribution in [3.8, 4) is 11.6 Å². The molecule has 0 saturated carbocycles. The lowest BCUT2D eigenvalue weighted by atomic mass is 9.95. The monoisotopic (exact) mass is 494 g/mol. The number of carbonyl (C=O) groups is 2. The fourth-order valence-corrected chi connectivity index (χ4v) is 4.52. The minimum Gasteiger partial charge on any atom is -0.497 e. The summed E-state index contributed by atoms with van der Waals surface area (Å²) in [7, 11) is 1.58. The van der Waals surface area contributed by atoms with Crippen LogP contribution in [0.3, 0.4) is 0 Å². The third-order valence-corrected chi connectivity index (χ3v) is 6.26. The second-order valence-electron chi connectivity index (χ2n) is 7.77. The van der Waals surface area contributed by atoms with Crippen LogP contribution in [0.4, 0.5) is 4.79 Å². The van der Waals surface area contributed by atoms with Gasteiger partial charge in [-0.15, -0.1) is 10.2 Å². The summed E-state index contributed by atoms with van der Waals surface area (Å²) in [6.07, 6.45) is 0. The Bertz CT molecular complexity index is 1250. The van der Waals surface area contributed by atoms with E-state index in [1.165, 1.54) is 11.8 Å². The molecule has 2 N–H and O–H groups in total. The topological polar surface area (TPSA) is 120 Å². The van der Waals surface area contributed by atoms with Crippen molar-refractivity contribution in [2.75, 3.05) is 19.5 Å². The van der Waals surface area contributed by atoms with Crippen LogP contribution in [0.25, 0.3) is 5.82 Å². The van der Waals surface area contributed by atoms with Crippen molar-refractivity contribution in [3.63, 3.8) is 0 Å². The fraction of sp³-hybridized carbons (Fsp3) is 0.292. The molecule has 35 heavy (non-hydrogen) atoms. The van der Waals surface area contributed by atoms with Crippen LogP contribution < -0.4 is 15.4 Å². The first kappa shape index (κ1) is 24.3. The van der Waals surface area contributed by atoms with Crippen LogP contribution in [0.1, 0.15) is 29.9 Å². The molecule has 1 atom stereocenters. The van der Waals surface area contributed by atoms with Crippen molar-refractivity contribution in [1.82, 2.24) is 30.6 Å². The number of ether oxygens (including phenoxy) is 2. The summed E-state index contributed by atoms with van der Waals surface area (Å²) in [4.78, 5) is 25.4. The maximum atomic E-state index is 12.9. The van der Waals surface area contributed by atoms with Gasteiger partial charge in [-0.3, -0.25) is 0 Å². The van der Waals surface area contributed by atoms with Crippen LogP contribution in [0, 0.1) is 13.8 Å². The highest BCUT2D eigenvalue weighted by Gasteiger charge is 2.33. The summed E-state index contributed by atoms with van der Waals surface area (Å²) >= 11 is 1.35. The molecule has 182 valence electrons. The van der Waals surface area contributed by atoms with Gasteiger partial charge in [0.05, 0.1) is 31.0 Å². The third-order valence-electron chi connectivity index (χ3n) is 5.32. The van der Waals surface area contributed by atoms with Crippen LogP contribution in [-0.2, 0) is 9.53 Å². The van der Waals surface area contributed by atoms with Crippen molar-refractivity contribution >= 4 is 23.8 Å². The average molecular weight is 495 g/mol. The number of benzene rings is 1. The number of thioether (sulfide) groups is 1. The molecule has 2 aromatic heterocycles. The van der Waals surface area contributed by atoms with E-state index in [0.717, 1.165) is 17.0 Å². The van der Waals surface area contributed by atoms with Gasteiger partial charge in [-0.25, -0.2) is 14.3 Å². The zero-order valence-electron chi connectivity index (χ0n) is 19.9. The molecule has 0 aliphatic carbocycles. The molecular formula is C24H26N6O4S. The fourth-order valence-electron chi connectivity index (χ4n) is 3.74. The first-order valence-corrected chi connectivity index (χ1v) is 12.0. The second-order valence-corrected chi connectivity index (χ2v) is 8.77. The third kappa shape index (κ3) is 5.46. The molecule has 0 saturated heterocycles. The molecule has 2 amide bonds. The highest BCUT2D eigenvalue weighted by Crippen LogP contribution is 2.31. The van der Waals surface area contributed by atoms with Gasteiger partial charge < -0.3 is 20.1 Å². The summed E-state index contributed by atoms with van der Waals surface area (Å²) < 4.78 is 12.3. The smallest absolute Gasteiger partial charge is 0.338 e. The number of nitrogens with one attached hydrogen (secondary N) is 2. The molecule has 0 spiro atoms. The highest BCUT2D eigenvalue weighted by atomic mass is 32.2. The molecule has 1 aliphatic heterocycles. The maximum Gasteiger partial charge on any atom is 0.338 e. The summed E-state index contributed by atoms with van der Waals surface area (Å²) in [6.45, 7) is 5.82. The van der Waals surface area contributed by atoms with Gasteiger partial charge >= 0.3 is 12.0 Å². The zero-order chi connectivity index (χ0) is 24.9. The van der Waals surface area contributed by atoms with E-state index in [-0.39, 0.29) is 6.61 Å². The van der Waals surface area contributed by atoms with Crippen molar-refractivity contribution in [2.45, 2.75) is 31.8 Å². The van der Waals surface area contributed by atoms with Crippen molar-refractivity contribution in [1.29, 1.82) is 0 Å². The summed E-state index contributed by atoms with van der Waals surface area (Å²) in [5.41, 5.74) is 3.40. The van der Waals surface area contributed by atoms with E-state index in [0.29, 0.717) is 33.6 Å². The Morgan fingerprint density at radius 2 is 1.91 bits per heavy atom. The predicted molar refractivity (Wildman–Crippen MR) is 130 cm³/mol. The molecule has 1 aromatic carbocycles. The van der Waals surface area contributed by atoms with E-state index in [9.17, 15) is 9.59 Å². The summed E-state index contributed by atoms with van der Waals surface area (Å²) in [6, 6.07) is 11.7. The zero-order valence-corrected chi connectivity index (χ0v) is 20.7. The molecule has 0 bridgehead atoms. The lowest BCUT2D eigenvalue weighted by Crippen LogP contribution is -2.46. The summed E-state index contributed by atoms with van der Waals surface area (Å²) in [5.74, 6) is 1.08. The predicted octanol–water partition coefficient (Wildman–Crippen LogP) is 3.25. The number of nitrogens with zero attached hydrogens (tertiary/aromatic N) is 4. The minimum atomic E-state index is -0.663. The largest absolute Gasteiger partial charge is 0.497 e. The number of esters is 1. The van der Waals surface area contributed by atoms with E-state index in [1.807, 2.05) is 44.2 Å². The molecule has 4 rings (SSSR count). The Morgan fingerprint density at radius 1 is 1.14 bits per heavy atom. The number of hydrogen-bond donors (Lipinski definition) is 2. The molecule has 0 fully saturated rings. The van der Waals surface area contributed by atoms with Crippen LogP contribution in [-0.4, -0.2) is 51.4 Å². The number of hydrogen-bond acceptors (Lipinski definition) is 8. The van der Waals surface area contributed by atoms with Crippen LogP contribution in [0.5, 0.6) is 5.75 Å². The molecule has 1 aliphatic rings. The molecule has 3 aromatic rings. The normalized spacial score (nSPS) is 15.4. The molecular weight excluding hydrogens is 468 g/mol. The van der Waals surface area contributed by atoms with Crippen LogP contribution in [0.2, 0.25) is 0 Å². The standard InChI is InChI=1S/C24H26N6O4S/c1-5-34-23(31)21-18(25-24(32)26-22(21)16-6-8-17(33-4)9-7-16)13-35-20-11-10-19(27-28-20)30-15(3)12-14(2)29-30/h6-12,22H,5,13H2,1-4H3,(H2,25,26,32)/t22-/m0/s1. The maximum absolute atomic E-state index is 12.9. The van der Waals surface area contributed by atoms with E-state index in [2.05, 4.69) is 25.9 Å². The number of aryl methyl sites for hydroxylation is 2. The minimum absolute atomic E-state index is 0.214. The number of carbonyl (C=O) groups excluding carboxylic acids is 2.